The standard InChI is InChI=1S/C15H16.H2O4S/c1-15(2,13-9-5-3-6-10-13)14-11-7-4-8-12-14;1-5(2,3)4/h3-12H,1-2H3;(H2,1,2,3,4). The highest BCUT2D eigenvalue weighted by Gasteiger charge is 2.21. The summed E-state index contributed by atoms with van der Waals surface area (Å²) in [5.74, 6) is 0. The van der Waals surface area contributed by atoms with Crippen molar-refractivity contribution in [1.82, 2.24) is 0 Å². The second kappa shape index (κ2) is 6.65. The predicted octanol–water partition coefficient (Wildman–Crippen LogP) is 3.36. The first kappa shape index (κ1) is 16.4. The van der Waals surface area contributed by atoms with Crippen LogP contribution in [-0.2, 0) is 15.8 Å². The zero-order valence-electron chi connectivity index (χ0n) is 11.4. The third kappa shape index (κ3) is 5.52. The Balaban J connectivity index is 0.000000347. The Kier molecular flexibility index (Phi) is 5.44. The number of hydrogen-bond acceptors (Lipinski definition) is 2. The van der Waals surface area contributed by atoms with Crippen LogP contribution in [-0.4, -0.2) is 17.5 Å². The summed E-state index contributed by atoms with van der Waals surface area (Å²) >= 11 is 0. The third-order valence-electron chi connectivity index (χ3n) is 2.99. The first-order valence-corrected chi connectivity index (χ1v) is 7.42. The Hall–Kier alpha value is -1.69. The lowest BCUT2D eigenvalue weighted by atomic mass is 9.78. The van der Waals surface area contributed by atoms with Gasteiger partial charge < -0.3 is 0 Å². The summed E-state index contributed by atoms with van der Waals surface area (Å²) in [5.41, 5.74) is 2.80. The maximum absolute atomic E-state index is 8.74. The van der Waals surface area contributed by atoms with Gasteiger partial charge in [-0.15, -0.1) is 0 Å². The summed E-state index contributed by atoms with van der Waals surface area (Å²) in [7, 11) is -4.67. The Morgan fingerprint density at radius 1 is 0.750 bits per heavy atom. The average Bonchev–Trinajstić information content (AvgIpc) is 2.39. The molecule has 20 heavy (non-hydrogen) atoms. The van der Waals surface area contributed by atoms with E-state index >= 15 is 0 Å². The van der Waals surface area contributed by atoms with Crippen LogP contribution < -0.4 is 0 Å². The molecule has 2 N–H and O–H groups in total. The number of hydrogen-bond donors (Lipinski definition) is 2. The van der Waals surface area contributed by atoms with Crippen molar-refractivity contribution in [2.45, 2.75) is 19.3 Å². The highest BCUT2D eigenvalue weighted by Crippen LogP contribution is 2.30. The molecule has 0 aliphatic carbocycles. The van der Waals surface area contributed by atoms with Crippen LogP contribution in [0, 0.1) is 0 Å². The van der Waals surface area contributed by atoms with Crippen molar-refractivity contribution < 1.29 is 17.5 Å². The minimum absolute atomic E-state index is 0.0858. The molecule has 5 heteroatoms. The maximum Gasteiger partial charge on any atom is 0.394 e. The van der Waals surface area contributed by atoms with Crippen LogP contribution in [0.3, 0.4) is 0 Å². The third-order valence-corrected chi connectivity index (χ3v) is 2.99. The fourth-order valence-electron chi connectivity index (χ4n) is 1.88. The van der Waals surface area contributed by atoms with Gasteiger partial charge in [-0.2, -0.15) is 8.42 Å². The van der Waals surface area contributed by atoms with Gasteiger partial charge in [-0.05, 0) is 11.1 Å². The van der Waals surface area contributed by atoms with E-state index in [4.69, 9.17) is 17.5 Å². The molecule has 2 rings (SSSR count). The Bertz CT molecular complexity index is 570. The Labute approximate surface area is 119 Å². The van der Waals surface area contributed by atoms with Gasteiger partial charge >= 0.3 is 10.4 Å². The van der Waals surface area contributed by atoms with Crippen LogP contribution in [0.15, 0.2) is 60.7 Å². The van der Waals surface area contributed by atoms with E-state index in [1.54, 1.807) is 0 Å². The molecule has 0 saturated carbocycles. The first-order chi connectivity index (χ1) is 9.21. The monoisotopic (exact) mass is 294 g/mol. The van der Waals surface area contributed by atoms with Gasteiger partial charge in [0.1, 0.15) is 0 Å². The summed E-state index contributed by atoms with van der Waals surface area (Å²) in [4.78, 5) is 0. The molecule has 0 heterocycles. The topological polar surface area (TPSA) is 74.6 Å². The Morgan fingerprint density at radius 3 is 1.25 bits per heavy atom. The van der Waals surface area contributed by atoms with Crippen molar-refractivity contribution in [3.8, 4) is 0 Å². The maximum atomic E-state index is 8.74. The largest absolute Gasteiger partial charge is 0.394 e. The van der Waals surface area contributed by atoms with Crippen molar-refractivity contribution in [1.29, 1.82) is 0 Å². The van der Waals surface area contributed by atoms with Crippen molar-refractivity contribution in [2.24, 2.45) is 0 Å². The molecule has 0 atom stereocenters. The summed E-state index contributed by atoms with van der Waals surface area (Å²) in [5, 5.41) is 0. The van der Waals surface area contributed by atoms with Crippen LogP contribution in [0.2, 0.25) is 0 Å². The highest BCUT2D eigenvalue weighted by atomic mass is 32.3. The second-order valence-electron chi connectivity index (χ2n) is 4.80. The molecule has 0 saturated heterocycles. The van der Waals surface area contributed by atoms with E-state index < -0.39 is 10.4 Å². The van der Waals surface area contributed by atoms with Crippen LogP contribution in [0.5, 0.6) is 0 Å². The molecule has 0 aliphatic rings. The van der Waals surface area contributed by atoms with Gasteiger partial charge in [0.25, 0.3) is 0 Å². The van der Waals surface area contributed by atoms with E-state index in [0.717, 1.165) is 0 Å². The van der Waals surface area contributed by atoms with E-state index in [1.165, 1.54) is 11.1 Å². The van der Waals surface area contributed by atoms with E-state index in [-0.39, 0.29) is 5.41 Å². The first-order valence-electron chi connectivity index (χ1n) is 6.02. The van der Waals surface area contributed by atoms with E-state index in [2.05, 4.69) is 74.5 Å². The molecule has 0 amide bonds. The van der Waals surface area contributed by atoms with Gasteiger partial charge in [0.2, 0.25) is 0 Å². The molecule has 2 aromatic carbocycles. The molecule has 0 spiro atoms. The van der Waals surface area contributed by atoms with Crippen molar-refractivity contribution in [3.63, 3.8) is 0 Å². The van der Waals surface area contributed by atoms with Gasteiger partial charge in [-0.3, -0.25) is 9.11 Å². The predicted molar refractivity (Wildman–Crippen MR) is 79.2 cm³/mol. The Morgan fingerprint density at radius 2 is 1.00 bits per heavy atom. The normalized spacial score (nSPS) is 11.4. The minimum atomic E-state index is -4.67. The quantitative estimate of drug-likeness (QED) is 0.833. The molecule has 4 nitrogen and oxygen atoms in total. The van der Waals surface area contributed by atoms with Gasteiger partial charge in [-0.25, -0.2) is 0 Å². The fourth-order valence-corrected chi connectivity index (χ4v) is 1.88. The molecule has 0 fully saturated rings. The lowest BCUT2D eigenvalue weighted by Gasteiger charge is -2.25. The van der Waals surface area contributed by atoms with Gasteiger partial charge in [-0.1, -0.05) is 74.5 Å². The van der Waals surface area contributed by atoms with Crippen molar-refractivity contribution >= 4 is 10.4 Å². The molecule has 0 radical (unpaired) electrons. The lowest BCUT2D eigenvalue weighted by molar-refractivity contribution is 0.381. The van der Waals surface area contributed by atoms with E-state index in [0.29, 0.717) is 0 Å². The summed E-state index contributed by atoms with van der Waals surface area (Å²) < 4.78 is 31.6. The summed E-state index contributed by atoms with van der Waals surface area (Å²) in [6, 6.07) is 21.3. The molecular weight excluding hydrogens is 276 g/mol. The van der Waals surface area contributed by atoms with Gasteiger partial charge in [0, 0.05) is 5.41 Å². The zero-order chi connectivity index (χ0) is 15.2. The second-order valence-corrected chi connectivity index (χ2v) is 5.70. The van der Waals surface area contributed by atoms with E-state index in [9.17, 15) is 0 Å². The van der Waals surface area contributed by atoms with Crippen molar-refractivity contribution in [2.75, 3.05) is 0 Å². The SMILES string of the molecule is CC(C)(c1ccccc1)c1ccccc1.O=S(=O)(O)O. The molecule has 0 aromatic heterocycles. The number of rotatable bonds is 2. The molecular formula is C15H18O4S. The van der Waals surface area contributed by atoms with Gasteiger partial charge in [0.05, 0.1) is 0 Å². The molecule has 0 aliphatic heterocycles. The molecule has 0 bridgehead atoms. The minimum Gasteiger partial charge on any atom is -0.264 e. The number of benzene rings is 2. The van der Waals surface area contributed by atoms with Gasteiger partial charge in [0.15, 0.2) is 0 Å². The smallest absolute Gasteiger partial charge is 0.264 e. The molecule has 2 aromatic rings. The van der Waals surface area contributed by atoms with Crippen LogP contribution in [0.25, 0.3) is 0 Å². The van der Waals surface area contributed by atoms with Crippen LogP contribution in [0.1, 0.15) is 25.0 Å². The van der Waals surface area contributed by atoms with Crippen molar-refractivity contribution in [3.05, 3.63) is 71.8 Å². The average molecular weight is 294 g/mol. The van der Waals surface area contributed by atoms with Crippen LogP contribution >= 0.6 is 0 Å². The van der Waals surface area contributed by atoms with Crippen LogP contribution in [0.4, 0.5) is 0 Å². The fraction of sp³-hybridized carbons (Fsp3) is 0.200. The van der Waals surface area contributed by atoms with E-state index in [1.807, 2.05) is 0 Å². The summed E-state index contributed by atoms with van der Waals surface area (Å²) in [6.45, 7) is 4.52. The zero-order valence-corrected chi connectivity index (χ0v) is 12.2. The molecule has 0 unspecified atom stereocenters. The highest BCUT2D eigenvalue weighted by molar-refractivity contribution is 7.79. The lowest BCUT2D eigenvalue weighted by Crippen LogP contribution is -2.18. The molecule has 108 valence electrons. The summed E-state index contributed by atoms with van der Waals surface area (Å²) in [6.07, 6.45) is 0.